The van der Waals surface area contributed by atoms with Crippen LogP contribution in [-0.2, 0) is 6.54 Å². The molecule has 1 aromatic carbocycles. The molecule has 0 fully saturated rings. The Kier molecular flexibility index (Phi) is 4.90. The van der Waals surface area contributed by atoms with Crippen molar-refractivity contribution in [3.05, 3.63) is 54.6 Å². The minimum Gasteiger partial charge on any atom is -0.337 e. The SMILES string of the molecule is CN(Cc1cc(Cl)cc(Cl)c1)C(=O)c1csc(Br)c1. The van der Waals surface area contributed by atoms with Crippen LogP contribution in [0, 0.1) is 0 Å². The fraction of sp³-hybridized carbons (Fsp3) is 0.154. The van der Waals surface area contributed by atoms with Crippen molar-refractivity contribution in [1.29, 1.82) is 0 Å². The van der Waals surface area contributed by atoms with Gasteiger partial charge in [-0.05, 0) is 45.8 Å². The summed E-state index contributed by atoms with van der Waals surface area (Å²) in [6, 6.07) is 7.10. The van der Waals surface area contributed by atoms with E-state index in [4.69, 9.17) is 23.2 Å². The van der Waals surface area contributed by atoms with E-state index in [1.165, 1.54) is 11.3 Å². The molecule has 0 unspecified atom stereocenters. The number of carbonyl (C=O) groups excluding carboxylic acids is 1. The van der Waals surface area contributed by atoms with E-state index in [0.717, 1.165) is 9.35 Å². The molecule has 0 atom stereocenters. The lowest BCUT2D eigenvalue weighted by atomic mass is 10.2. The summed E-state index contributed by atoms with van der Waals surface area (Å²) < 4.78 is 0.940. The van der Waals surface area contributed by atoms with Crippen LogP contribution in [0.5, 0.6) is 0 Å². The number of amides is 1. The Labute approximate surface area is 134 Å². The molecule has 6 heteroatoms. The van der Waals surface area contributed by atoms with Crippen molar-refractivity contribution in [1.82, 2.24) is 4.90 Å². The van der Waals surface area contributed by atoms with Crippen LogP contribution in [0.1, 0.15) is 15.9 Å². The lowest BCUT2D eigenvalue weighted by Gasteiger charge is -2.17. The van der Waals surface area contributed by atoms with E-state index < -0.39 is 0 Å². The number of hydrogen-bond acceptors (Lipinski definition) is 2. The van der Waals surface area contributed by atoms with E-state index >= 15 is 0 Å². The maximum Gasteiger partial charge on any atom is 0.254 e. The van der Waals surface area contributed by atoms with Crippen LogP contribution >= 0.6 is 50.5 Å². The quantitative estimate of drug-likeness (QED) is 0.728. The van der Waals surface area contributed by atoms with Crippen molar-refractivity contribution in [2.45, 2.75) is 6.54 Å². The van der Waals surface area contributed by atoms with Gasteiger partial charge in [0.1, 0.15) is 0 Å². The molecule has 0 aliphatic heterocycles. The third-order valence-corrected chi connectivity index (χ3v) is 4.44. The highest BCUT2D eigenvalue weighted by Crippen LogP contribution is 2.23. The molecule has 2 aromatic rings. The first-order valence-corrected chi connectivity index (χ1v) is 7.83. The van der Waals surface area contributed by atoms with Gasteiger partial charge in [0.05, 0.1) is 9.35 Å². The van der Waals surface area contributed by atoms with Crippen LogP contribution in [0.2, 0.25) is 10.0 Å². The Morgan fingerprint density at radius 1 is 1.26 bits per heavy atom. The summed E-state index contributed by atoms with van der Waals surface area (Å²) in [6.45, 7) is 0.465. The van der Waals surface area contributed by atoms with E-state index in [-0.39, 0.29) is 5.91 Å². The molecule has 0 aliphatic carbocycles. The second-order valence-electron chi connectivity index (χ2n) is 4.08. The van der Waals surface area contributed by atoms with Gasteiger partial charge < -0.3 is 4.90 Å². The van der Waals surface area contributed by atoms with Crippen molar-refractivity contribution < 1.29 is 4.79 Å². The predicted octanol–water partition coefficient (Wildman–Crippen LogP) is 5.09. The highest BCUT2D eigenvalue weighted by atomic mass is 79.9. The van der Waals surface area contributed by atoms with Gasteiger partial charge in [-0.2, -0.15) is 0 Å². The fourth-order valence-corrected chi connectivity index (χ4v) is 3.39. The summed E-state index contributed by atoms with van der Waals surface area (Å²) in [5.41, 5.74) is 1.58. The first-order valence-electron chi connectivity index (χ1n) is 5.40. The first kappa shape index (κ1) is 14.9. The van der Waals surface area contributed by atoms with Crippen LogP contribution in [0.3, 0.4) is 0 Å². The van der Waals surface area contributed by atoms with Crippen molar-refractivity contribution in [2.75, 3.05) is 7.05 Å². The van der Waals surface area contributed by atoms with Gasteiger partial charge in [-0.1, -0.05) is 23.2 Å². The molecule has 0 saturated heterocycles. The molecule has 1 amide bonds. The summed E-state index contributed by atoms with van der Waals surface area (Å²) in [5.74, 6) is -0.0296. The predicted molar refractivity (Wildman–Crippen MR) is 84.3 cm³/mol. The normalized spacial score (nSPS) is 10.5. The van der Waals surface area contributed by atoms with E-state index in [1.807, 2.05) is 11.4 Å². The molecule has 2 rings (SSSR count). The van der Waals surface area contributed by atoms with E-state index in [0.29, 0.717) is 22.2 Å². The average Bonchev–Trinajstić information content (AvgIpc) is 2.73. The molecule has 19 heavy (non-hydrogen) atoms. The van der Waals surface area contributed by atoms with E-state index in [2.05, 4.69) is 15.9 Å². The Morgan fingerprint density at radius 3 is 2.42 bits per heavy atom. The molecular formula is C13H10BrCl2NOS. The molecule has 2 nitrogen and oxygen atoms in total. The summed E-state index contributed by atoms with van der Waals surface area (Å²) in [5, 5.41) is 2.97. The Bertz CT molecular complexity index is 594. The lowest BCUT2D eigenvalue weighted by Crippen LogP contribution is -2.25. The minimum atomic E-state index is -0.0296. The largest absolute Gasteiger partial charge is 0.337 e. The summed E-state index contributed by atoms with van der Waals surface area (Å²) in [4.78, 5) is 13.8. The fourth-order valence-electron chi connectivity index (χ4n) is 1.69. The number of thiophene rings is 1. The molecule has 0 radical (unpaired) electrons. The van der Waals surface area contributed by atoms with Gasteiger partial charge in [0.25, 0.3) is 5.91 Å². The van der Waals surface area contributed by atoms with E-state index in [1.54, 1.807) is 30.1 Å². The van der Waals surface area contributed by atoms with E-state index in [9.17, 15) is 4.79 Å². The van der Waals surface area contributed by atoms with Crippen molar-refractivity contribution in [3.8, 4) is 0 Å². The zero-order valence-corrected chi connectivity index (χ0v) is 13.9. The Balaban J connectivity index is 2.12. The average molecular weight is 379 g/mol. The zero-order valence-electron chi connectivity index (χ0n) is 9.99. The molecule has 1 aromatic heterocycles. The standard InChI is InChI=1S/C13H10BrCl2NOS/c1-17(13(18)9-4-12(14)19-7-9)6-8-2-10(15)5-11(16)3-8/h2-5,7H,6H2,1H3. The third-order valence-electron chi connectivity index (χ3n) is 2.50. The van der Waals surface area contributed by atoms with Gasteiger partial charge in [-0.25, -0.2) is 0 Å². The molecule has 1 heterocycles. The van der Waals surface area contributed by atoms with Crippen LogP contribution < -0.4 is 0 Å². The molecule has 0 spiro atoms. The molecule has 0 aliphatic rings. The third kappa shape index (κ3) is 3.96. The van der Waals surface area contributed by atoms with Crippen LogP contribution in [-0.4, -0.2) is 17.9 Å². The lowest BCUT2D eigenvalue weighted by molar-refractivity contribution is 0.0785. The number of rotatable bonds is 3. The topological polar surface area (TPSA) is 20.3 Å². The van der Waals surface area contributed by atoms with Gasteiger partial charge in [0.15, 0.2) is 0 Å². The molecular weight excluding hydrogens is 369 g/mol. The maximum absolute atomic E-state index is 12.2. The molecule has 100 valence electrons. The van der Waals surface area contributed by atoms with Crippen LogP contribution in [0.25, 0.3) is 0 Å². The maximum atomic E-state index is 12.2. The molecule has 0 N–H and O–H groups in total. The van der Waals surface area contributed by atoms with Gasteiger partial charge in [-0.3, -0.25) is 4.79 Å². The van der Waals surface area contributed by atoms with Gasteiger partial charge in [0.2, 0.25) is 0 Å². The second kappa shape index (κ2) is 6.27. The zero-order chi connectivity index (χ0) is 14.0. The minimum absolute atomic E-state index is 0.0296. The number of benzene rings is 1. The smallest absolute Gasteiger partial charge is 0.254 e. The number of nitrogens with zero attached hydrogens (tertiary/aromatic N) is 1. The highest BCUT2D eigenvalue weighted by molar-refractivity contribution is 9.11. The first-order chi connectivity index (χ1) is 8.95. The Hall–Kier alpha value is -0.550. The summed E-state index contributed by atoms with van der Waals surface area (Å²) in [6.07, 6.45) is 0. The van der Waals surface area contributed by atoms with Crippen molar-refractivity contribution in [2.24, 2.45) is 0 Å². The Morgan fingerprint density at radius 2 is 1.89 bits per heavy atom. The number of halogens is 3. The summed E-state index contributed by atoms with van der Waals surface area (Å²) in [7, 11) is 1.75. The van der Waals surface area contributed by atoms with Crippen LogP contribution in [0.15, 0.2) is 33.4 Å². The number of carbonyl (C=O) groups is 1. The van der Waals surface area contributed by atoms with Crippen LogP contribution in [0.4, 0.5) is 0 Å². The summed E-state index contributed by atoms with van der Waals surface area (Å²) >= 11 is 16.7. The molecule has 0 saturated carbocycles. The molecule has 0 bridgehead atoms. The monoisotopic (exact) mass is 377 g/mol. The highest BCUT2D eigenvalue weighted by Gasteiger charge is 2.14. The van der Waals surface area contributed by atoms with Crippen molar-refractivity contribution >= 4 is 56.4 Å². The van der Waals surface area contributed by atoms with Gasteiger partial charge >= 0.3 is 0 Å². The second-order valence-corrected chi connectivity index (χ2v) is 7.24. The van der Waals surface area contributed by atoms with Gasteiger partial charge in [-0.15, -0.1) is 11.3 Å². The number of hydrogen-bond donors (Lipinski definition) is 0. The van der Waals surface area contributed by atoms with Crippen molar-refractivity contribution in [3.63, 3.8) is 0 Å². The van der Waals surface area contributed by atoms with Gasteiger partial charge in [0, 0.05) is 29.0 Å².